The Morgan fingerprint density at radius 1 is 1.26 bits per heavy atom. The summed E-state index contributed by atoms with van der Waals surface area (Å²) in [5.41, 5.74) is 0. The van der Waals surface area contributed by atoms with Gasteiger partial charge in [-0.25, -0.2) is 9.97 Å². The first-order chi connectivity index (χ1) is 9.21. The Morgan fingerprint density at radius 3 is 2.68 bits per heavy atom. The summed E-state index contributed by atoms with van der Waals surface area (Å²) in [6, 6.07) is 2.00. The van der Waals surface area contributed by atoms with Gasteiger partial charge in [0.2, 0.25) is 0 Å². The maximum atomic E-state index is 5.13. The summed E-state index contributed by atoms with van der Waals surface area (Å²) in [5, 5.41) is 3.31. The average molecular weight is 266 g/mol. The van der Waals surface area contributed by atoms with Crippen LogP contribution in [0.1, 0.15) is 38.9 Å². The van der Waals surface area contributed by atoms with E-state index >= 15 is 0 Å². The third-order valence-electron chi connectivity index (χ3n) is 2.83. The Hall–Kier alpha value is -1.36. The molecule has 1 heterocycles. The molecule has 0 atom stereocenters. The van der Waals surface area contributed by atoms with Crippen LogP contribution in [0.5, 0.6) is 0 Å². The molecule has 5 nitrogen and oxygen atoms in total. The van der Waals surface area contributed by atoms with Gasteiger partial charge in [-0.2, -0.15) is 0 Å². The van der Waals surface area contributed by atoms with Crippen LogP contribution in [-0.2, 0) is 11.3 Å². The number of nitrogens with one attached hydrogen (secondary N) is 1. The largest absolute Gasteiger partial charge is 0.377 e. The second-order valence-corrected chi connectivity index (χ2v) is 4.66. The first-order valence-electron chi connectivity index (χ1n) is 7.03. The van der Waals surface area contributed by atoms with Crippen molar-refractivity contribution in [3.8, 4) is 0 Å². The van der Waals surface area contributed by atoms with Gasteiger partial charge in [-0.3, -0.25) is 0 Å². The molecule has 0 saturated carbocycles. The molecule has 5 heteroatoms. The Morgan fingerprint density at radius 2 is 2.05 bits per heavy atom. The Kier molecular flexibility index (Phi) is 7.18. The standard InChI is InChI=1S/C14H26N4O/c1-5-7-9-18(3)14-10-12(15-8-6-2)16-13(17-14)11-19-4/h10H,5-9,11H2,1-4H3,(H,15,16,17). The van der Waals surface area contributed by atoms with Crippen molar-refractivity contribution in [1.82, 2.24) is 9.97 Å². The highest BCUT2D eigenvalue weighted by atomic mass is 16.5. The Balaban J connectivity index is 2.84. The van der Waals surface area contributed by atoms with Gasteiger partial charge >= 0.3 is 0 Å². The van der Waals surface area contributed by atoms with Crippen molar-refractivity contribution in [3.05, 3.63) is 11.9 Å². The van der Waals surface area contributed by atoms with Crippen LogP contribution in [-0.4, -0.2) is 37.2 Å². The molecule has 108 valence electrons. The molecule has 0 bridgehead atoms. The Labute approximate surface area is 116 Å². The van der Waals surface area contributed by atoms with E-state index in [1.165, 1.54) is 6.42 Å². The quantitative estimate of drug-likeness (QED) is 0.744. The molecule has 0 aromatic carbocycles. The summed E-state index contributed by atoms with van der Waals surface area (Å²) in [7, 11) is 3.73. The van der Waals surface area contributed by atoms with Crippen LogP contribution in [0.3, 0.4) is 0 Å². The molecule has 0 aliphatic carbocycles. The van der Waals surface area contributed by atoms with Gasteiger partial charge in [0.25, 0.3) is 0 Å². The molecule has 0 aliphatic rings. The van der Waals surface area contributed by atoms with Crippen LogP contribution >= 0.6 is 0 Å². The second-order valence-electron chi connectivity index (χ2n) is 4.66. The zero-order valence-electron chi connectivity index (χ0n) is 12.6. The number of hydrogen-bond donors (Lipinski definition) is 1. The number of hydrogen-bond acceptors (Lipinski definition) is 5. The number of ether oxygens (including phenoxy) is 1. The van der Waals surface area contributed by atoms with Crippen molar-refractivity contribution >= 4 is 11.6 Å². The molecule has 1 aromatic rings. The van der Waals surface area contributed by atoms with Crippen LogP contribution in [0.25, 0.3) is 0 Å². The van der Waals surface area contributed by atoms with E-state index in [4.69, 9.17) is 4.74 Å². The van der Waals surface area contributed by atoms with E-state index in [-0.39, 0.29) is 0 Å². The van der Waals surface area contributed by atoms with Crippen molar-refractivity contribution in [3.63, 3.8) is 0 Å². The smallest absolute Gasteiger partial charge is 0.158 e. The summed E-state index contributed by atoms with van der Waals surface area (Å²) in [6.45, 7) is 6.70. The van der Waals surface area contributed by atoms with Crippen molar-refractivity contribution in [1.29, 1.82) is 0 Å². The summed E-state index contributed by atoms with van der Waals surface area (Å²) in [4.78, 5) is 11.2. The highest BCUT2D eigenvalue weighted by Gasteiger charge is 2.08. The highest BCUT2D eigenvalue weighted by molar-refractivity contribution is 5.48. The predicted octanol–water partition coefficient (Wildman–Crippen LogP) is 2.68. The minimum Gasteiger partial charge on any atom is -0.377 e. The SMILES string of the molecule is CCCCN(C)c1cc(NCCC)nc(COC)n1. The molecule has 0 amide bonds. The van der Waals surface area contributed by atoms with Gasteiger partial charge in [-0.15, -0.1) is 0 Å². The van der Waals surface area contributed by atoms with E-state index in [1.54, 1.807) is 7.11 Å². The van der Waals surface area contributed by atoms with Gasteiger partial charge in [0, 0.05) is 33.3 Å². The summed E-state index contributed by atoms with van der Waals surface area (Å²) in [5.74, 6) is 2.55. The zero-order chi connectivity index (χ0) is 14.1. The van der Waals surface area contributed by atoms with E-state index in [9.17, 15) is 0 Å². The number of nitrogens with zero attached hydrogens (tertiary/aromatic N) is 3. The molecular weight excluding hydrogens is 240 g/mol. The van der Waals surface area contributed by atoms with Gasteiger partial charge in [0.1, 0.15) is 18.2 Å². The van der Waals surface area contributed by atoms with Crippen LogP contribution in [0.4, 0.5) is 11.6 Å². The minimum atomic E-state index is 0.441. The zero-order valence-corrected chi connectivity index (χ0v) is 12.6. The lowest BCUT2D eigenvalue weighted by molar-refractivity contribution is 0.178. The number of anilines is 2. The van der Waals surface area contributed by atoms with E-state index in [0.717, 1.165) is 43.4 Å². The molecule has 19 heavy (non-hydrogen) atoms. The molecular formula is C14H26N4O. The van der Waals surface area contributed by atoms with Crippen molar-refractivity contribution in [2.24, 2.45) is 0 Å². The molecule has 0 unspecified atom stereocenters. The predicted molar refractivity (Wildman–Crippen MR) is 79.7 cm³/mol. The molecule has 1 aromatic heterocycles. The van der Waals surface area contributed by atoms with Gasteiger partial charge in [0.05, 0.1) is 0 Å². The van der Waals surface area contributed by atoms with Crippen LogP contribution in [0.15, 0.2) is 6.07 Å². The molecule has 0 radical (unpaired) electrons. The fourth-order valence-electron chi connectivity index (χ4n) is 1.73. The molecule has 1 N–H and O–H groups in total. The molecule has 1 rings (SSSR count). The lowest BCUT2D eigenvalue weighted by atomic mass is 10.3. The fourth-order valence-corrected chi connectivity index (χ4v) is 1.73. The van der Waals surface area contributed by atoms with E-state index in [2.05, 4.69) is 41.1 Å². The topological polar surface area (TPSA) is 50.3 Å². The summed E-state index contributed by atoms with van der Waals surface area (Å²) < 4.78 is 5.13. The second kappa shape index (κ2) is 8.69. The molecule has 0 aliphatic heterocycles. The van der Waals surface area contributed by atoms with Gasteiger partial charge < -0.3 is 15.0 Å². The molecule has 0 fully saturated rings. The van der Waals surface area contributed by atoms with E-state index < -0.39 is 0 Å². The van der Waals surface area contributed by atoms with Crippen LogP contribution < -0.4 is 10.2 Å². The summed E-state index contributed by atoms with van der Waals surface area (Å²) in [6.07, 6.45) is 3.42. The number of aromatic nitrogens is 2. The third kappa shape index (κ3) is 5.42. The van der Waals surface area contributed by atoms with Crippen molar-refractivity contribution < 1.29 is 4.74 Å². The first-order valence-corrected chi connectivity index (χ1v) is 7.03. The van der Waals surface area contributed by atoms with Crippen LogP contribution in [0.2, 0.25) is 0 Å². The number of methoxy groups -OCH3 is 1. The van der Waals surface area contributed by atoms with Crippen molar-refractivity contribution in [2.45, 2.75) is 39.7 Å². The van der Waals surface area contributed by atoms with E-state index in [1.807, 2.05) is 6.07 Å². The average Bonchev–Trinajstić information content (AvgIpc) is 2.42. The normalized spacial score (nSPS) is 10.5. The highest BCUT2D eigenvalue weighted by Crippen LogP contribution is 2.16. The fraction of sp³-hybridized carbons (Fsp3) is 0.714. The van der Waals surface area contributed by atoms with Gasteiger partial charge in [-0.1, -0.05) is 20.3 Å². The molecule has 0 saturated heterocycles. The van der Waals surface area contributed by atoms with E-state index in [0.29, 0.717) is 6.61 Å². The molecule has 0 spiro atoms. The Bertz CT molecular complexity index is 370. The van der Waals surface area contributed by atoms with Crippen molar-refractivity contribution in [2.75, 3.05) is 37.5 Å². The third-order valence-corrected chi connectivity index (χ3v) is 2.83. The lowest BCUT2D eigenvalue weighted by Crippen LogP contribution is -2.21. The number of unbranched alkanes of at least 4 members (excludes halogenated alkanes) is 1. The maximum absolute atomic E-state index is 5.13. The van der Waals surface area contributed by atoms with Crippen LogP contribution in [0, 0.1) is 0 Å². The summed E-state index contributed by atoms with van der Waals surface area (Å²) >= 11 is 0. The number of rotatable bonds is 9. The monoisotopic (exact) mass is 266 g/mol. The minimum absolute atomic E-state index is 0.441. The first kappa shape index (κ1) is 15.7. The maximum Gasteiger partial charge on any atom is 0.158 e. The lowest BCUT2D eigenvalue weighted by Gasteiger charge is -2.19. The van der Waals surface area contributed by atoms with Gasteiger partial charge in [0.15, 0.2) is 5.82 Å². The van der Waals surface area contributed by atoms with Gasteiger partial charge in [-0.05, 0) is 12.8 Å².